The number of hydrogen-bond acceptors (Lipinski definition) is 3. The summed E-state index contributed by atoms with van der Waals surface area (Å²) < 4.78 is 25.8. The number of nitrogens with one attached hydrogen (secondary N) is 2. The molecular formula is C11H15N3O2S. The average molecular weight is 253 g/mol. The monoisotopic (exact) mass is 253 g/mol. The van der Waals surface area contributed by atoms with Gasteiger partial charge in [0, 0.05) is 12.1 Å². The predicted molar refractivity (Wildman–Crippen MR) is 66.2 cm³/mol. The van der Waals surface area contributed by atoms with Gasteiger partial charge in [0.2, 0.25) is 10.0 Å². The SMILES string of the molecule is N=C(N)c1cccc(CNS(=O)(=O)C2CC2)c1. The molecule has 4 N–H and O–H groups in total. The molecule has 1 fully saturated rings. The largest absolute Gasteiger partial charge is 0.384 e. The number of hydrogen-bond donors (Lipinski definition) is 3. The molecule has 1 aromatic rings. The predicted octanol–water partition coefficient (Wildman–Crippen LogP) is 0.552. The second-order valence-electron chi connectivity index (χ2n) is 4.18. The molecule has 0 bridgehead atoms. The van der Waals surface area contributed by atoms with E-state index in [0.29, 0.717) is 5.56 Å². The van der Waals surface area contributed by atoms with Gasteiger partial charge in [-0.05, 0) is 24.5 Å². The van der Waals surface area contributed by atoms with E-state index in [-0.39, 0.29) is 17.6 Å². The zero-order valence-corrected chi connectivity index (χ0v) is 10.1. The van der Waals surface area contributed by atoms with Crippen LogP contribution in [0, 0.1) is 5.41 Å². The maximum atomic E-state index is 11.6. The molecule has 0 atom stereocenters. The van der Waals surface area contributed by atoms with Gasteiger partial charge in [0.05, 0.1) is 5.25 Å². The molecule has 2 rings (SSSR count). The fourth-order valence-corrected chi connectivity index (χ4v) is 2.89. The first-order chi connectivity index (χ1) is 7.99. The highest BCUT2D eigenvalue weighted by Crippen LogP contribution is 2.27. The molecule has 0 radical (unpaired) electrons. The van der Waals surface area contributed by atoms with E-state index < -0.39 is 10.0 Å². The third-order valence-corrected chi connectivity index (χ3v) is 4.57. The first-order valence-electron chi connectivity index (χ1n) is 5.41. The van der Waals surface area contributed by atoms with Crippen LogP contribution >= 0.6 is 0 Å². The fraction of sp³-hybridized carbons (Fsp3) is 0.364. The van der Waals surface area contributed by atoms with Crippen LogP contribution in [-0.2, 0) is 16.6 Å². The molecule has 0 heterocycles. The Morgan fingerprint density at radius 2 is 2.18 bits per heavy atom. The van der Waals surface area contributed by atoms with E-state index in [1.165, 1.54) is 0 Å². The normalized spacial score (nSPS) is 15.8. The molecule has 6 heteroatoms. The van der Waals surface area contributed by atoms with E-state index in [1.807, 2.05) is 6.07 Å². The van der Waals surface area contributed by atoms with Crippen LogP contribution in [0.5, 0.6) is 0 Å². The van der Waals surface area contributed by atoms with E-state index in [4.69, 9.17) is 11.1 Å². The molecule has 0 spiro atoms. The minimum atomic E-state index is -3.15. The first kappa shape index (κ1) is 12.1. The molecule has 1 aliphatic carbocycles. The van der Waals surface area contributed by atoms with Crippen molar-refractivity contribution in [3.8, 4) is 0 Å². The highest BCUT2D eigenvalue weighted by atomic mass is 32.2. The van der Waals surface area contributed by atoms with Gasteiger partial charge >= 0.3 is 0 Å². The standard InChI is InChI=1S/C11H15N3O2S/c12-11(13)9-3-1-2-8(6-9)7-14-17(15,16)10-4-5-10/h1-3,6,10,14H,4-5,7H2,(H3,12,13). The lowest BCUT2D eigenvalue weighted by Gasteiger charge is -2.06. The van der Waals surface area contributed by atoms with Crippen LogP contribution in [-0.4, -0.2) is 19.5 Å². The van der Waals surface area contributed by atoms with Crippen molar-refractivity contribution in [1.82, 2.24) is 4.72 Å². The van der Waals surface area contributed by atoms with Gasteiger partial charge in [0.15, 0.2) is 0 Å². The number of nitrogen functional groups attached to an aromatic ring is 1. The van der Waals surface area contributed by atoms with E-state index in [0.717, 1.165) is 18.4 Å². The summed E-state index contributed by atoms with van der Waals surface area (Å²) in [7, 11) is -3.15. The Morgan fingerprint density at radius 1 is 1.47 bits per heavy atom. The maximum absolute atomic E-state index is 11.6. The van der Waals surface area contributed by atoms with E-state index in [2.05, 4.69) is 4.72 Å². The molecule has 5 nitrogen and oxygen atoms in total. The second kappa shape index (κ2) is 4.46. The lowest BCUT2D eigenvalue weighted by molar-refractivity contribution is 0.580. The van der Waals surface area contributed by atoms with Crippen molar-refractivity contribution in [1.29, 1.82) is 5.41 Å². The summed E-state index contributed by atoms with van der Waals surface area (Å²) in [5, 5.41) is 7.09. The zero-order chi connectivity index (χ0) is 12.5. The topological polar surface area (TPSA) is 96.0 Å². The summed E-state index contributed by atoms with van der Waals surface area (Å²) in [6.07, 6.45) is 1.51. The Hall–Kier alpha value is -1.40. The molecule has 1 saturated carbocycles. The van der Waals surface area contributed by atoms with Gasteiger partial charge in [0.1, 0.15) is 5.84 Å². The highest BCUT2D eigenvalue weighted by Gasteiger charge is 2.35. The van der Waals surface area contributed by atoms with Crippen LogP contribution in [0.2, 0.25) is 0 Å². The van der Waals surface area contributed by atoms with E-state index >= 15 is 0 Å². The van der Waals surface area contributed by atoms with Gasteiger partial charge in [-0.15, -0.1) is 0 Å². The summed E-state index contributed by atoms with van der Waals surface area (Å²) in [5.74, 6) is -0.0168. The molecule has 0 aromatic heterocycles. The van der Waals surface area contributed by atoms with Gasteiger partial charge in [-0.3, -0.25) is 5.41 Å². The van der Waals surface area contributed by atoms with Gasteiger partial charge in [-0.1, -0.05) is 18.2 Å². The van der Waals surface area contributed by atoms with Crippen molar-refractivity contribution >= 4 is 15.9 Å². The Morgan fingerprint density at radius 3 is 2.76 bits per heavy atom. The van der Waals surface area contributed by atoms with Gasteiger partial charge in [-0.2, -0.15) is 0 Å². The van der Waals surface area contributed by atoms with Crippen molar-refractivity contribution in [2.75, 3.05) is 0 Å². The maximum Gasteiger partial charge on any atom is 0.214 e. The van der Waals surface area contributed by atoms with Crippen molar-refractivity contribution in [3.05, 3.63) is 35.4 Å². The van der Waals surface area contributed by atoms with Gasteiger partial charge in [-0.25, -0.2) is 13.1 Å². The minimum absolute atomic E-state index is 0.0168. The highest BCUT2D eigenvalue weighted by molar-refractivity contribution is 7.90. The third-order valence-electron chi connectivity index (χ3n) is 2.68. The second-order valence-corrected chi connectivity index (χ2v) is 6.22. The first-order valence-corrected chi connectivity index (χ1v) is 6.95. The van der Waals surface area contributed by atoms with Crippen LogP contribution < -0.4 is 10.5 Å². The quantitative estimate of drug-likeness (QED) is 0.528. The molecule has 1 aliphatic rings. The van der Waals surface area contributed by atoms with Crippen molar-refractivity contribution in [2.45, 2.75) is 24.6 Å². The molecule has 17 heavy (non-hydrogen) atoms. The Labute approximate surface area is 101 Å². The summed E-state index contributed by atoms with van der Waals surface area (Å²) in [6.45, 7) is 0.250. The van der Waals surface area contributed by atoms with E-state index in [9.17, 15) is 8.42 Å². The van der Waals surface area contributed by atoms with Crippen LogP contribution in [0.3, 0.4) is 0 Å². The fourth-order valence-electron chi connectivity index (χ4n) is 1.53. The Kier molecular flexibility index (Phi) is 3.17. The lowest BCUT2D eigenvalue weighted by Crippen LogP contribution is -2.26. The summed E-state index contributed by atoms with van der Waals surface area (Å²) in [5.41, 5.74) is 6.78. The number of amidine groups is 1. The summed E-state index contributed by atoms with van der Waals surface area (Å²) in [6, 6.07) is 7.01. The third kappa shape index (κ3) is 3.04. The Balaban J connectivity index is 2.04. The lowest BCUT2D eigenvalue weighted by atomic mass is 10.1. The van der Waals surface area contributed by atoms with Crippen LogP contribution in [0.25, 0.3) is 0 Å². The average Bonchev–Trinajstić information content (AvgIpc) is 3.11. The molecule has 92 valence electrons. The zero-order valence-electron chi connectivity index (χ0n) is 9.31. The van der Waals surface area contributed by atoms with Gasteiger partial charge in [0.25, 0.3) is 0 Å². The van der Waals surface area contributed by atoms with Crippen LogP contribution in [0.15, 0.2) is 24.3 Å². The van der Waals surface area contributed by atoms with Crippen molar-refractivity contribution < 1.29 is 8.42 Å². The molecule has 1 aromatic carbocycles. The number of sulfonamides is 1. The summed E-state index contributed by atoms with van der Waals surface area (Å²) >= 11 is 0. The minimum Gasteiger partial charge on any atom is -0.384 e. The molecular weight excluding hydrogens is 238 g/mol. The van der Waals surface area contributed by atoms with E-state index in [1.54, 1.807) is 18.2 Å². The number of benzene rings is 1. The van der Waals surface area contributed by atoms with Crippen molar-refractivity contribution in [2.24, 2.45) is 5.73 Å². The smallest absolute Gasteiger partial charge is 0.214 e. The van der Waals surface area contributed by atoms with Crippen LogP contribution in [0.4, 0.5) is 0 Å². The molecule has 0 saturated heterocycles. The summed E-state index contributed by atoms with van der Waals surface area (Å²) in [4.78, 5) is 0. The number of rotatable bonds is 5. The molecule has 0 aliphatic heterocycles. The van der Waals surface area contributed by atoms with Crippen molar-refractivity contribution in [3.63, 3.8) is 0 Å². The van der Waals surface area contributed by atoms with Gasteiger partial charge < -0.3 is 5.73 Å². The molecule has 0 amide bonds. The number of nitrogens with two attached hydrogens (primary N) is 1. The van der Waals surface area contributed by atoms with Crippen LogP contribution in [0.1, 0.15) is 24.0 Å². The Bertz CT molecular complexity index is 535. The molecule has 0 unspecified atom stereocenters.